The first-order valence-electron chi connectivity index (χ1n) is 6.17. The van der Waals surface area contributed by atoms with Crippen molar-refractivity contribution in [2.75, 3.05) is 5.32 Å². The van der Waals surface area contributed by atoms with Gasteiger partial charge >= 0.3 is 5.97 Å². The van der Waals surface area contributed by atoms with E-state index in [1.54, 1.807) is 6.08 Å². The van der Waals surface area contributed by atoms with Crippen LogP contribution in [0, 0.1) is 0 Å². The second-order valence-electron chi connectivity index (χ2n) is 4.24. The highest BCUT2D eigenvalue weighted by Gasteiger charge is 2.13. The van der Waals surface area contributed by atoms with Crippen LogP contribution in [0.25, 0.3) is 6.08 Å². The maximum absolute atomic E-state index is 11.8. The zero-order valence-electron chi connectivity index (χ0n) is 11.0. The van der Waals surface area contributed by atoms with Crippen molar-refractivity contribution in [2.45, 2.75) is 0 Å². The van der Waals surface area contributed by atoms with Crippen LogP contribution in [0.5, 0.6) is 5.75 Å². The van der Waals surface area contributed by atoms with Gasteiger partial charge in [-0.05, 0) is 23.8 Å². The van der Waals surface area contributed by atoms with Gasteiger partial charge < -0.3 is 15.5 Å². The second-order valence-corrected chi connectivity index (χ2v) is 4.24. The highest BCUT2D eigenvalue weighted by Crippen LogP contribution is 2.27. The summed E-state index contributed by atoms with van der Waals surface area (Å²) < 4.78 is 0. The molecule has 1 amide bonds. The lowest BCUT2D eigenvalue weighted by atomic mass is 10.1. The summed E-state index contributed by atoms with van der Waals surface area (Å²) in [6.07, 6.45) is 2.93. The van der Waals surface area contributed by atoms with E-state index in [4.69, 9.17) is 5.11 Å². The van der Waals surface area contributed by atoms with E-state index in [1.165, 1.54) is 24.3 Å². The van der Waals surface area contributed by atoms with Gasteiger partial charge in [0, 0.05) is 6.08 Å². The molecule has 2 aromatic carbocycles. The number of carbonyl (C=O) groups excluding carboxylic acids is 1. The van der Waals surface area contributed by atoms with E-state index in [9.17, 15) is 14.7 Å². The molecule has 0 aliphatic heterocycles. The Hall–Kier alpha value is -3.08. The maximum atomic E-state index is 11.8. The number of aromatic hydroxyl groups is 1. The SMILES string of the molecule is O=C(/C=C/c1ccccc1)Nc1cccc(C(=O)O)c1O. The smallest absolute Gasteiger partial charge is 0.339 e. The Bertz CT molecular complexity index is 693. The van der Waals surface area contributed by atoms with Crippen LogP contribution in [-0.2, 0) is 4.79 Å². The molecule has 0 fully saturated rings. The van der Waals surface area contributed by atoms with E-state index in [-0.39, 0.29) is 11.3 Å². The molecular formula is C16H13NO4. The topological polar surface area (TPSA) is 86.6 Å². The monoisotopic (exact) mass is 283 g/mol. The quantitative estimate of drug-likeness (QED) is 0.595. The molecule has 5 heteroatoms. The minimum Gasteiger partial charge on any atom is -0.505 e. The van der Waals surface area contributed by atoms with E-state index in [0.29, 0.717) is 0 Å². The minimum atomic E-state index is -1.26. The van der Waals surface area contributed by atoms with Crippen LogP contribution < -0.4 is 5.32 Å². The predicted molar refractivity (Wildman–Crippen MR) is 79.2 cm³/mol. The molecule has 21 heavy (non-hydrogen) atoms. The molecule has 0 atom stereocenters. The lowest BCUT2D eigenvalue weighted by molar-refractivity contribution is -0.111. The number of carbonyl (C=O) groups is 2. The number of hydrogen-bond acceptors (Lipinski definition) is 3. The van der Waals surface area contributed by atoms with Gasteiger partial charge in [-0.3, -0.25) is 4.79 Å². The lowest BCUT2D eigenvalue weighted by Crippen LogP contribution is -2.09. The first-order valence-corrected chi connectivity index (χ1v) is 6.17. The van der Waals surface area contributed by atoms with Crippen LogP contribution in [0.1, 0.15) is 15.9 Å². The number of anilines is 1. The normalized spacial score (nSPS) is 10.5. The molecule has 0 saturated carbocycles. The van der Waals surface area contributed by atoms with Gasteiger partial charge in [0.15, 0.2) is 5.75 Å². The average molecular weight is 283 g/mol. The fraction of sp³-hybridized carbons (Fsp3) is 0. The summed E-state index contributed by atoms with van der Waals surface area (Å²) in [6, 6.07) is 13.4. The summed E-state index contributed by atoms with van der Waals surface area (Å²) in [5, 5.41) is 21.1. The molecule has 2 rings (SSSR count). The van der Waals surface area contributed by atoms with E-state index < -0.39 is 17.6 Å². The molecule has 0 aliphatic carbocycles. The first-order chi connectivity index (χ1) is 10.1. The van der Waals surface area contributed by atoms with Crippen molar-refractivity contribution in [3.8, 4) is 5.75 Å². The van der Waals surface area contributed by atoms with Crippen molar-refractivity contribution in [1.82, 2.24) is 0 Å². The van der Waals surface area contributed by atoms with Crippen molar-refractivity contribution >= 4 is 23.6 Å². The largest absolute Gasteiger partial charge is 0.505 e. The molecule has 5 nitrogen and oxygen atoms in total. The number of nitrogens with one attached hydrogen (secondary N) is 1. The van der Waals surface area contributed by atoms with Crippen LogP contribution in [-0.4, -0.2) is 22.1 Å². The molecule has 0 saturated heterocycles. The maximum Gasteiger partial charge on any atom is 0.339 e. The van der Waals surface area contributed by atoms with Gasteiger partial charge in [0.2, 0.25) is 5.91 Å². The second kappa shape index (κ2) is 6.38. The van der Waals surface area contributed by atoms with Gasteiger partial charge in [0.25, 0.3) is 0 Å². The number of para-hydroxylation sites is 1. The molecular weight excluding hydrogens is 270 g/mol. The van der Waals surface area contributed by atoms with Crippen molar-refractivity contribution < 1.29 is 19.8 Å². The average Bonchev–Trinajstić information content (AvgIpc) is 2.48. The molecule has 3 N–H and O–H groups in total. The lowest BCUT2D eigenvalue weighted by Gasteiger charge is -2.07. The Morgan fingerprint density at radius 2 is 1.71 bits per heavy atom. The summed E-state index contributed by atoms with van der Waals surface area (Å²) in [4.78, 5) is 22.6. The van der Waals surface area contributed by atoms with Gasteiger partial charge in [-0.25, -0.2) is 4.79 Å². The first kappa shape index (κ1) is 14.3. The van der Waals surface area contributed by atoms with Gasteiger partial charge in [0.05, 0.1) is 5.69 Å². The summed E-state index contributed by atoms with van der Waals surface area (Å²) in [6.45, 7) is 0. The van der Waals surface area contributed by atoms with Gasteiger partial charge in [-0.1, -0.05) is 36.4 Å². The van der Waals surface area contributed by atoms with E-state index in [1.807, 2.05) is 30.3 Å². The molecule has 106 valence electrons. The Kier molecular flexibility index (Phi) is 4.36. The van der Waals surface area contributed by atoms with Crippen LogP contribution in [0.15, 0.2) is 54.6 Å². The predicted octanol–water partition coefficient (Wildman–Crippen LogP) is 2.74. The molecule has 0 spiro atoms. The van der Waals surface area contributed by atoms with Crippen LogP contribution in [0.2, 0.25) is 0 Å². The Labute approximate surface area is 121 Å². The van der Waals surface area contributed by atoms with Crippen LogP contribution in [0.4, 0.5) is 5.69 Å². The van der Waals surface area contributed by atoms with Crippen molar-refractivity contribution in [1.29, 1.82) is 0 Å². The molecule has 2 aromatic rings. The minimum absolute atomic E-state index is 0.0533. The van der Waals surface area contributed by atoms with Crippen LogP contribution >= 0.6 is 0 Å². The molecule has 0 unspecified atom stereocenters. The van der Waals surface area contributed by atoms with E-state index >= 15 is 0 Å². The fourth-order valence-electron chi connectivity index (χ4n) is 1.73. The zero-order chi connectivity index (χ0) is 15.2. The standard InChI is InChI=1S/C16H13NO4/c18-14(10-9-11-5-2-1-3-6-11)17-13-8-4-7-12(15(13)19)16(20)21/h1-10,19H,(H,17,18)(H,20,21)/b10-9+. The molecule has 0 radical (unpaired) electrons. The number of amides is 1. The molecule has 0 aliphatic rings. The third kappa shape index (κ3) is 3.70. The third-order valence-corrected chi connectivity index (χ3v) is 2.75. The Morgan fingerprint density at radius 1 is 1.00 bits per heavy atom. The summed E-state index contributed by atoms with van der Waals surface area (Å²) in [5.41, 5.74) is 0.647. The molecule has 0 heterocycles. The number of phenols is 1. The Morgan fingerprint density at radius 3 is 2.38 bits per heavy atom. The van der Waals surface area contributed by atoms with Gasteiger partial charge in [-0.15, -0.1) is 0 Å². The van der Waals surface area contributed by atoms with E-state index in [0.717, 1.165) is 5.56 Å². The number of rotatable bonds is 4. The summed E-state index contributed by atoms with van der Waals surface area (Å²) in [5.74, 6) is -2.19. The van der Waals surface area contributed by atoms with Crippen molar-refractivity contribution in [2.24, 2.45) is 0 Å². The Balaban J connectivity index is 2.12. The molecule has 0 aromatic heterocycles. The molecule has 0 bridgehead atoms. The number of carboxylic acids is 1. The number of hydrogen-bond donors (Lipinski definition) is 3. The van der Waals surface area contributed by atoms with Gasteiger partial charge in [0.1, 0.15) is 5.56 Å². The highest BCUT2D eigenvalue weighted by atomic mass is 16.4. The fourth-order valence-corrected chi connectivity index (χ4v) is 1.73. The number of aromatic carboxylic acids is 1. The van der Waals surface area contributed by atoms with Gasteiger partial charge in [-0.2, -0.15) is 0 Å². The summed E-state index contributed by atoms with van der Waals surface area (Å²) >= 11 is 0. The number of carboxylic acid groups (broad SMARTS) is 1. The number of benzene rings is 2. The van der Waals surface area contributed by atoms with Crippen LogP contribution in [0.3, 0.4) is 0 Å². The van der Waals surface area contributed by atoms with Crippen molar-refractivity contribution in [3.05, 3.63) is 65.7 Å². The summed E-state index contributed by atoms with van der Waals surface area (Å²) in [7, 11) is 0. The highest BCUT2D eigenvalue weighted by molar-refractivity contribution is 6.04. The zero-order valence-corrected chi connectivity index (χ0v) is 11.0. The third-order valence-electron chi connectivity index (χ3n) is 2.75. The van der Waals surface area contributed by atoms with E-state index in [2.05, 4.69) is 5.32 Å². The van der Waals surface area contributed by atoms with Crippen molar-refractivity contribution in [3.63, 3.8) is 0 Å².